The van der Waals surface area contributed by atoms with Crippen molar-refractivity contribution in [2.24, 2.45) is 0 Å². The molecule has 0 aliphatic carbocycles. The first-order chi connectivity index (χ1) is 6.07. The fourth-order valence-electron chi connectivity index (χ4n) is 0.851. The maximum atomic E-state index is 12.3. The van der Waals surface area contributed by atoms with Crippen molar-refractivity contribution >= 4 is 22.6 Å². The zero-order valence-corrected chi connectivity index (χ0v) is 8.49. The molecular weight excluding hydrogens is 295 g/mol. The zero-order valence-electron chi connectivity index (χ0n) is 6.34. The summed E-state index contributed by atoms with van der Waals surface area (Å²) in [5.74, 6) is -0.545. The number of aromatic hydroxyl groups is 1. The van der Waals surface area contributed by atoms with Gasteiger partial charge in [-0.05, 0) is 22.6 Å². The van der Waals surface area contributed by atoms with Crippen LogP contribution in [0.15, 0.2) is 6.20 Å². The summed E-state index contributed by atoms with van der Waals surface area (Å²) in [5, 5.41) is 17.8. The van der Waals surface area contributed by atoms with Gasteiger partial charge in [0.15, 0.2) is 0 Å². The Kier molecular flexibility index (Phi) is 3.37. The van der Waals surface area contributed by atoms with E-state index in [0.717, 1.165) is 6.20 Å². The van der Waals surface area contributed by atoms with E-state index in [1.165, 1.54) is 0 Å². The highest BCUT2D eigenvalue weighted by Gasteiger charge is 2.19. The Morgan fingerprint density at radius 1 is 1.54 bits per heavy atom. The average Bonchev–Trinajstić information content (AvgIpc) is 2.04. The third-order valence-corrected chi connectivity index (χ3v) is 2.68. The standard InChI is InChI=1S/C7H6F2INO2/c8-7(9)5-4(13)1-11-3(2-12)6(5)10/h1,7,12-13H,2H2. The summed E-state index contributed by atoms with van der Waals surface area (Å²) in [7, 11) is 0. The highest BCUT2D eigenvalue weighted by atomic mass is 127. The van der Waals surface area contributed by atoms with Crippen molar-refractivity contribution in [3.63, 3.8) is 0 Å². The van der Waals surface area contributed by atoms with Gasteiger partial charge >= 0.3 is 0 Å². The van der Waals surface area contributed by atoms with Gasteiger partial charge in [0.1, 0.15) is 5.75 Å². The largest absolute Gasteiger partial charge is 0.506 e. The molecular formula is C7H6F2INO2. The fraction of sp³-hybridized carbons (Fsp3) is 0.286. The first kappa shape index (κ1) is 10.6. The molecule has 0 aliphatic rings. The first-order valence-corrected chi connectivity index (χ1v) is 4.41. The van der Waals surface area contributed by atoms with Crippen molar-refractivity contribution < 1.29 is 19.0 Å². The lowest BCUT2D eigenvalue weighted by Crippen LogP contribution is -1.99. The summed E-state index contributed by atoms with van der Waals surface area (Å²) in [5.41, 5.74) is -0.326. The van der Waals surface area contributed by atoms with Gasteiger partial charge in [-0.2, -0.15) is 0 Å². The normalized spacial score (nSPS) is 10.8. The lowest BCUT2D eigenvalue weighted by molar-refractivity contribution is 0.145. The van der Waals surface area contributed by atoms with Gasteiger partial charge in [0, 0.05) is 3.57 Å². The Bertz CT molecular complexity index is 320. The number of aliphatic hydroxyl groups is 1. The monoisotopic (exact) mass is 301 g/mol. The maximum absolute atomic E-state index is 12.3. The van der Waals surface area contributed by atoms with Crippen LogP contribution in [-0.2, 0) is 6.61 Å². The number of pyridine rings is 1. The summed E-state index contributed by atoms with van der Waals surface area (Å²) in [4.78, 5) is 3.60. The third-order valence-electron chi connectivity index (χ3n) is 1.48. The van der Waals surface area contributed by atoms with E-state index < -0.39 is 24.3 Å². The minimum Gasteiger partial charge on any atom is -0.506 e. The number of nitrogens with zero attached hydrogens (tertiary/aromatic N) is 1. The molecule has 1 heterocycles. The molecule has 0 unspecified atom stereocenters. The molecule has 0 atom stereocenters. The molecule has 72 valence electrons. The summed E-state index contributed by atoms with van der Waals surface area (Å²) >= 11 is 1.62. The Morgan fingerprint density at radius 2 is 2.15 bits per heavy atom. The molecule has 0 saturated carbocycles. The molecule has 0 bridgehead atoms. The molecule has 1 rings (SSSR count). The highest BCUT2D eigenvalue weighted by molar-refractivity contribution is 14.1. The second kappa shape index (κ2) is 4.14. The Hall–Kier alpha value is -0.500. The van der Waals surface area contributed by atoms with Crippen molar-refractivity contribution in [1.29, 1.82) is 0 Å². The predicted molar refractivity (Wildman–Crippen MR) is 49.5 cm³/mol. The summed E-state index contributed by atoms with van der Waals surface area (Å²) < 4.78 is 24.8. The average molecular weight is 301 g/mol. The van der Waals surface area contributed by atoms with Gasteiger partial charge in [-0.15, -0.1) is 0 Å². The van der Waals surface area contributed by atoms with Crippen LogP contribution in [0.2, 0.25) is 0 Å². The van der Waals surface area contributed by atoms with Crippen molar-refractivity contribution in [3.8, 4) is 5.75 Å². The molecule has 0 fully saturated rings. The molecule has 0 spiro atoms. The van der Waals surface area contributed by atoms with E-state index in [0.29, 0.717) is 0 Å². The third kappa shape index (κ3) is 2.05. The molecule has 0 aliphatic heterocycles. The Labute approximate surface area is 86.6 Å². The van der Waals surface area contributed by atoms with E-state index in [9.17, 15) is 8.78 Å². The number of hydrogen-bond acceptors (Lipinski definition) is 3. The number of hydrogen-bond donors (Lipinski definition) is 2. The van der Waals surface area contributed by atoms with Gasteiger partial charge < -0.3 is 10.2 Å². The van der Waals surface area contributed by atoms with Crippen LogP contribution in [0.5, 0.6) is 5.75 Å². The predicted octanol–water partition coefficient (Wildman–Crippen LogP) is 1.82. The van der Waals surface area contributed by atoms with E-state index in [-0.39, 0.29) is 9.26 Å². The second-order valence-corrected chi connectivity index (χ2v) is 3.36. The molecule has 2 N–H and O–H groups in total. The van der Waals surface area contributed by atoms with Crippen LogP contribution < -0.4 is 0 Å². The van der Waals surface area contributed by atoms with Crippen LogP contribution in [-0.4, -0.2) is 15.2 Å². The van der Waals surface area contributed by atoms with Gasteiger partial charge in [-0.1, -0.05) is 0 Å². The minimum atomic E-state index is -2.76. The summed E-state index contributed by atoms with van der Waals surface area (Å²) in [6, 6.07) is 0. The van der Waals surface area contributed by atoms with Crippen molar-refractivity contribution in [2.75, 3.05) is 0 Å². The molecule has 0 aromatic carbocycles. The van der Waals surface area contributed by atoms with E-state index in [2.05, 4.69) is 4.98 Å². The number of alkyl halides is 2. The van der Waals surface area contributed by atoms with Crippen LogP contribution in [0.4, 0.5) is 8.78 Å². The lowest BCUT2D eigenvalue weighted by atomic mass is 10.2. The minimum absolute atomic E-state index is 0.107. The molecule has 0 radical (unpaired) electrons. The zero-order chi connectivity index (χ0) is 10.0. The molecule has 6 heteroatoms. The van der Waals surface area contributed by atoms with Gasteiger partial charge in [-0.25, -0.2) is 8.78 Å². The second-order valence-electron chi connectivity index (χ2n) is 2.28. The summed E-state index contributed by atoms with van der Waals surface area (Å²) in [6.45, 7) is -0.418. The van der Waals surface area contributed by atoms with Crippen molar-refractivity contribution in [3.05, 3.63) is 21.0 Å². The number of rotatable bonds is 2. The molecule has 0 amide bonds. The van der Waals surface area contributed by atoms with Gasteiger partial charge in [0.2, 0.25) is 0 Å². The maximum Gasteiger partial charge on any atom is 0.268 e. The molecule has 0 saturated heterocycles. The van der Waals surface area contributed by atoms with Crippen molar-refractivity contribution in [1.82, 2.24) is 4.98 Å². The van der Waals surface area contributed by atoms with E-state index in [1.54, 1.807) is 22.6 Å². The van der Waals surface area contributed by atoms with E-state index in [4.69, 9.17) is 10.2 Å². The van der Waals surface area contributed by atoms with Crippen LogP contribution in [0, 0.1) is 3.57 Å². The Morgan fingerprint density at radius 3 is 2.62 bits per heavy atom. The highest BCUT2D eigenvalue weighted by Crippen LogP contribution is 2.32. The molecule has 3 nitrogen and oxygen atoms in total. The SMILES string of the molecule is OCc1ncc(O)c(C(F)F)c1I. The quantitative estimate of drug-likeness (QED) is 0.819. The van der Waals surface area contributed by atoms with Crippen molar-refractivity contribution in [2.45, 2.75) is 13.0 Å². The van der Waals surface area contributed by atoms with Gasteiger partial charge in [-0.3, -0.25) is 4.98 Å². The van der Waals surface area contributed by atoms with E-state index in [1.807, 2.05) is 0 Å². The van der Waals surface area contributed by atoms with Crippen LogP contribution in [0.1, 0.15) is 17.7 Å². The Balaban J connectivity index is 3.30. The van der Waals surface area contributed by atoms with Crippen LogP contribution in [0.3, 0.4) is 0 Å². The topological polar surface area (TPSA) is 53.4 Å². The number of aromatic nitrogens is 1. The smallest absolute Gasteiger partial charge is 0.268 e. The number of halogens is 3. The number of aliphatic hydroxyl groups excluding tert-OH is 1. The molecule has 13 heavy (non-hydrogen) atoms. The van der Waals surface area contributed by atoms with Gasteiger partial charge in [0.05, 0.1) is 24.1 Å². The van der Waals surface area contributed by atoms with E-state index >= 15 is 0 Å². The lowest BCUT2D eigenvalue weighted by Gasteiger charge is -2.08. The molecule has 1 aromatic heterocycles. The van der Waals surface area contributed by atoms with Crippen LogP contribution >= 0.6 is 22.6 Å². The summed E-state index contributed by atoms with van der Waals surface area (Å²) in [6.07, 6.45) is -1.85. The molecule has 1 aromatic rings. The van der Waals surface area contributed by atoms with Gasteiger partial charge in [0.25, 0.3) is 6.43 Å². The first-order valence-electron chi connectivity index (χ1n) is 3.33. The fourth-order valence-corrected chi connectivity index (χ4v) is 1.67. The van der Waals surface area contributed by atoms with Crippen LogP contribution in [0.25, 0.3) is 0 Å².